The van der Waals surface area contributed by atoms with E-state index in [0.717, 1.165) is 11.0 Å². The molecule has 0 aliphatic carbocycles. The van der Waals surface area contributed by atoms with Gasteiger partial charge < -0.3 is 9.30 Å². The number of aryl methyl sites for hydroxylation is 1. The molecule has 0 atom stereocenters. The molecule has 134 valence electrons. The van der Waals surface area contributed by atoms with Crippen LogP contribution in [0.25, 0.3) is 11.0 Å². The summed E-state index contributed by atoms with van der Waals surface area (Å²) in [6.45, 7) is 1.55. The molecule has 26 heavy (non-hydrogen) atoms. The summed E-state index contributed by atoms with van der Waals surface area (Å²) in [5.41, 5.74) is 4.90. The number of rotatable bonds is 5. The van der Waals surface area contributed by atoms with Gasteiger partial charge in [0.15, 0.2) is 12.4 Å². The van der Waals surface area contributed by atoms with Gasteiger partial charge >= 0.3 is 0 Å². The molecule has 0 aliphatic rings. The molecule has 1 amide bonds. The minimum absolute atomic E-state index is 0.222. The molecule has 8 heteroatoms. The lowest BCUT2D eigenvalue weighted by atomic mass is 10.3. The normalized spacial score (nSPS) is 11.6. The number of amides is 1. The zero-order chi connectivity index (χ0) is 18.7. The number of para-hydroxylation sites is 2. The Morgan fingerprint density at radius 2 is 2.04 bits per heavy atom. The Kier molecular flexibility index (Phi) is 5.44. The van der Waals surface area contributed by atoms with Gasteiger partial charge in [0.05, 0.1) is 16.1 Å². The van der Waals surface area contributed by atoms with Gasteiger partial charge in [-0.1, -0.05) is 35.3 Å². The number of hydrogen-bond acceptors (Lipinski definition) is 4. The van der Waals surface area contributed by atoms with Crippen molar-refractivity contribution in [1.29, 1.82) is 0 Å². The van der Waals surface area contributed by atoms with Crippen LogP contribution in [-0.2, 0) is 11.8 Å². The van der Waals surface area contributed by atoms with Gasteiger partial charge in [0.25, 0.3) is 5.91 Å². The van der Waals surface area contributed by atoms with Crippen LogP contribution in [0.5, 0.6) is 5.75 Å². The average molecular weight is 391 g/mol. The fourth-order valence-electron chi connectivity index (χ4n) is 2.43. The maximum atomic E-state index is 11.9. The molecule has 0 fully saturated rings. The van der Waals surface area contributed by atoms with Gasteiger partial charge in [0.1, 0.15) is 11.5 Å². The van der Waals surface area contributed by atoms with E-state index >= 15 is 0 Å². The molecule has 0 saturated heterocycles. The number of carbonyl (C=O) groups is 1. The molecule has 3 aromatic rings. The highest BCUT2D eigenvalue weighted by Crippen LogP contribution is 2.27. The van der Waals surface area contributed by atoms with Crippen LogP contribution in [0.15, 0.2) is 47.6 Å². The summed E-state index contributed by atoms with van der Waals surface area (Å²) in [5.74, 6) is 0.643. The molecule has 0 aliphatic heterocycles. The van der Waals surface area contributed by atoms with Gasteiger partial charge in [-0.25, -0.2) is 10.4 Å². The highest BCUT2D eigenvalue weighted by atomic mass is 35.5. The first-order valence-electron chi connectivity index (χ1n) is 7.78. The van der Waals surface area contributed by atoms with Crippen LogP contribution in [0.3, 0.4) is 0 Å². The van der Waals surface area contributed by atoms with Gasteiger partial charge in [-0.3, -0.25) is 4.79 Å². The maximum absolute atomic E-state index is 11.9. The van der Waals surface area contributed by atoms with Crippen molar-refractivity contribution in [2.75, 3.05) is 6.61 Å². The molecule has 1 aromatic heterocycles. The first-order chi connectivity index (χ1) is 12.5. The molecule has 0 saturated carbocycles. The van der Waals surface area contributed by atoms with Crippen molar-refractivity contribution < 1.29 is 9.53 Å². The zero-order valence-corrected chi connectivity index (χ0v) is 15.7. The molecule has 0 spiro atoms. The summed E-state index contributed by atoms with van der Waals surface area (Å²) in [6, 6.07) is 12.6. The number of ether oxygens (including phenoxy) is 1. The second-order valence-electron chi connectivity index (χ2n) is 5.58. The van der Waals surface area contributed by atoms with Crippen molar-refractivity contribution in [3.05, 3.63) is 58.3 Å². The summed E-state index contributed by atoms with van der Waals surface area (Å²) < 4.78 is 7.29. The van der Waals surface area contributed by atoms with E-state index < -0.39 is 5.91 Å². The number of benzene rings is 2. The first kappa shape index (κ1) is 18.2. The fraction of sp³-hybridized carbons (Fsp3) is 0.167. The van der Waals surface area contributed by atoms with Gasteiger partial charge in [0, 0.05) is 12.1 Å². The van der Waals surface area contributed by atoms with E-state index in [9.17, 15) is 4.79 Å². The topological polar surface area (TPSA) is 68.5 Å². The van der Waals surface area contributed by atoms with E-state index in [4.69, 9.17) is 27.9 Å². The van der Waals surface area contributed by atoms with Crippen molar-refractivity contribution in [3.63, 3.8) is 0 Å². The highest BCUT2D eigenvalue weighted by molar-refractivity contribution is 6.35. The summed E-state index contributed by atoms with van der Waals surface area (Å²) in [4.78, 5) is 16.5. The van der Waals surface area contributed by atoms with Crippen molar-refractivity contribution in [3.8, 4) is 5.75 Å². The van der Waals surface area contributed by atoms with Crippen LogP contribution >= 0.6 is 23.2 Å². The Bertz CT molecular complexity index is 998. The van der Waals surface area contributed by atoms with Crippen LogP contribution in [0.2, 0.25) is 10.0 Å². The van der Waals surface area contributed by atoms with Crippen molar-refractivity contribution >= 4 is 45.9 Å². The number of hydrazone groups is 1. The summed E-state index contributed by atoms with van der Waals surface area (Å²) in [5, 5.41) is 4.93. The van der Waals surface area contributed by atoms with E-state index in [1.54, 1.807) is 25.1 Å². The van der Waals surface area contributed by atoms with E-state index in [2.05, 4.69) is 15.5 Å². The fourth-order valence-corrected chi connectivity index (χ4v) is 2.90. The van der Waals surface area contributed by atoms with E-state index in [-0.39, 0.29) is 6.61 Å². The quantitative estimate of drug-likeness (QED) is 0.531. The summed E-state index contributed by atoms with van der Waals surface area (Å²) in [6.07, 6.45) is 0. The van der Waals surface area contributed by atoms with Crippen molar-refractivity contribution in [2.24, 2.45) is 12.1 Å². The Labute approximate surface area is 160 Å². The molecular formula is C18H16Cl2N4O2. The highest BCUT2D eigenvalue weighted by Gasteiger charge is 2.11. The lowest BCUT2D eigenvalue weighted by molar-refractivity contribution is -0.123. The Morgan fingerprint density at radius 1 is 1.27 bits per heavy atom. The first-order valence-corrected chi connectivity index (χ1v) is 8.54. The van der Waals surface area contributed by atoms with Crippen LogP contribution in [0.4, 0.5) is 0 Å². The number of carbonyl (C=O) groups excluding carboxylic acids is 1. The summed E-state index contributed by atoms with van der Waals surface area (Å²) in [7, 11) is 1.90. The third-order valence-corrected chi connectivity index (χ3v) is 4.24. The predicted octanol–water partition coefficient (Wildman–Crippen LogP) is 3.80. The van der Waals surface area contributed by atoms with E-state index in [0.29, 0.717) is 27.3 Å². The zero-order valence-electron chi connectivity index (χ0n) is 14.2. The monoisotopic (exact) mass is 390 g/mol. The number of nitrogens with one attached hydrogen (secondary N) is 1. The molecular weight excluding hydrogens is 375 g/mol. The standard InChI is InChI=1S/C18H16Cl2N4O2/c1-11(18-21-14-5-3-4-6-15(14)24(18)2)22-23-17(25)10-26-16-8-7-12(19)9-13(16)20/h3-9H,10H2,1-2H3,(H,23,25). The largest absolute Gasteiger partial charge is 0.482 e. The average Bonchev–Trinajstić information content (AvgIpc) is 2.96. The number of imidazole rings is 1. The summed E-state index contributed by atoms with van der Waals surface area (Å²) >= 11 is 11.8. The van der Waals surface area contributed by atoms with Crippen LogP contribution in [0, 0.1) is 0 Å². The van der Waals surface area contributed by atoms with Gasteiger partial charge in [-0.05, 0) is 37.3 Å². The smallest absolute Gasteiger partial charge is 0.277 e. The lowest BCUT2D eigenvalue weighted by Gasteiger charge is -2.07. The minimum Gasteiger partial charge on any atom is -0.482 e. The molecule has 6 nitrogen and oxygen atoms in total. The molecule has 1 N–H and O–H groups in total. The van der Waals surface area contributed by atoms with Crippen molar-refractivity contribution in [2.45, 2.75) is 6.92 Å². The molecule has 3 rings (SSSR count). The Morgan fingerprint density at radius 3 is 2.77 bits per heavy atom. The van der Waals surface area contributed by atoms with Crippen molar-refractivity contribution in [1.82, 2.24) is 15.0 Å². The second-order valence-corrected chi connectivity index (χ2v) is 6.42. The van der Waals surface area contributed by atoms with Crippen LogP contribution in [0.1, 0.15) is 12.7 Å². The number of fused-ring (bicyclic) bond motifs is 1. The van der Waals surface area contributed by atoms with Gasteiger partial charge in [-0.15, -0.1) is 0 Å². The molecule has 0 radical (unpaired) electrons. The van der Waals surface area contributed by atoms with Gasteiger partial charge in [0.2, 0.25) is 0 Å². The second kappa shape index (κ2) is 7.76. The number of aromatic nitrogens is 2. The molecule has 1 heterocycles. The molecule has 2 aromatic carbocycles. The van der Waals surface area contributed by atoms with E-state index in [1.807, 2.05) is 35.9 Å². The van der Waals surface area contributed by atoms with Crippen LogP contribution in [-0.4, -0.2) is 27.8 Å². The van der Waals surface area contributed by atoms with E-state index in [1.165, 1.54) is 0 Å². The third kappa shape index (κ3) is 3.98. The molecule has 0 bridgehead atoms. The van der Waals surface area contributed by atoms with Crippen LogP contribution < -0.4 is 10.2 Å². The maximum Gasteiger partial charge on any atom is 0.277 e. The molecule has 0 unspecified atom stereocenters. The SMILES string of the molecule is CC(=NNC(=O)COc1ccc(Cl)cc1Cl)c1nc2ccccc2n1C. The Hall–Kier alpha value is -2.57. The Balaban J connectivity index is 1.64. The van der Waals surface area contributed by atoms with Gasteiger partial charge in [-0.2, -0.15) is 5.10 Å². The number of nitrogens with zero attached hydrogens (tertiary/aromatic N) is 3. The third-order valence-electron chi connectivity index (χ3n) is 3.71. The lowest BCUT2D eigenvalue weighted by Crippen LogP contribution is -2.26. The minimum atomic E-state index is -0.408. The number of halogens is 2. The predicted molar refractivity (Wildman–Crippen MR) is 103 cm³/mol. The number of hydrogen-bond donors (Lipinski definition) is 1.